The zero-order valence-electron chi connectivity index (χ0n) is 26.0. The summed E-state index contributed by atoms with van der Waals surface area (Å²) >= 11 is 0. The minimum Gasteiger partial charge on any atom is -0.395 e. The molecule has 238 valence electrons. The van der Waals surface area contributed by atoms with Crippen LogP contribution < -0.4 is 16.4 Å². The lowest BCUT2D eigenvalue weighted by Gasteiger charge is -2.39. The van der Waals surface area contributed by atoms with E-state index in [9.17, 15) is 24.3 Å². The molecular formula is C28H53N5O8. The van der Waals surface area contributed by atoms with E-state index in [0.717, 1.165) is 6.42 Å². The van der Waals surface area contributed by atoms with Gasteiger partial charge in [-0.2, -0.15) is 0 Å². The number of amides is 4. The smallest absolute Gasteiger partial charge is 0.242 e. The van der Waals surface area contributed by atoms with Gasteiger partial charge in [0, 0.05) is 34.4 Å². The quantitative estimate of drug-likeness (QED) is 0.146. The number of rotatable bonds is 17. The van der Waals surface area contributed by atoms with Crippen molar-refractivity contribution in [1.29, 1.82) is 0 Å². The molecule has 7 atom stereocenters. The van der Waals surface area contributed by atoms with Gasteiger partial charge in [-0.1, -0.05) is 27.2 Å². The van der Waals surface area contributed by atoms with E-state index in [1.165, 1.54) is 33.0 Å². The molecule has 1 fully saturated rings. The molecule has 0 saturated carbocycles. The summed E-state index contributed by atoms with van der Waals surface area (Å²) in [7, 11) is 4.64. The van der Waals surface area contributed by atoms with Crippen molar-refractivity contribution in [3.63, 3.8) is 0 Å². The number of nitrogens with one attached hydrogen (secondary N) is 2. The zero-order chi connectivity index (χ0) is 31.5. The second-order valence-corrected chi connectivity index (χ2v) is 11.5. The molecule has 1 rings (SSSR count). The van der Waals surface area contributed by atoms with E-state index < -0.39 is 41.7 Å². The van der Waals surface area contributed by atoms with Gasteiger partial charge < -0.3 is 45.9 Å². The van der Waals surface area contributed by atoms with E-state index in [0.29, 0.717) is 19.4 Å². The van der Waals surface area contributed by atoms with Crippen LogP contribution in [-0.4, -0.2) is 127 Å². The van der Waals surface area contributed by atoms with Crippen LogP contribution in [0.2, 0.25) is 0 Å². The molecule has 1 saturated heterocycles. The zero-order valence-corrected chi connectivity index (χ0v) is 26.0. The SMILES string of the molecule is CCC(C)C(C(CC(=O)N1CCCC1C(OC)C(C)C(=O)NCCO)OC)N(C)C(=O)CNC(=O)C(N)C(C)(C)O. The van der Waals surface area contributed by atoms with Crippen molar-refractivity contribution in [3.8, 4) is 0 Å². The number of aliphatic hydroxyl groups excluding tert-OH is 1. The van der Waals surface area contributed by atoms with Crippen molar-refractivity contribution >= 4 is 23.6 Å². The third-order valence-corrected chi connectivity index (χ3v) is 8.17. The molecule has 0 spiro atoms. The van der Waals surface area contributed by atoms with E-state index in [4.69, 9.17) is 20.3 Å². The van der Waals surface area contributed by atoms with Gasteiger partial charge in [-0.15, -0.1) is 0 Å². The highest BCUT2D eigenvalue weighted by atomic mass is 16.5. The summed E-state index contributed by atoms with van der Waals surface area (Å²) in [5.41, 5.74) is 4.33. The number of likely N-dealkylation sites (N-methyl/N-ethyl adjacent to an activating group) is 1. The van der Waals surface area contributed by atoms with Gasteiger partial charge in [0.15, 0.2) is 0 Å². The van der Waals surface area contributed by atoms with E-state index in [-0.39, 0.29) is 55.8 Å². The van der Waals surface area contributed by atoms with Gasteiger partial charge in [0.2, 0.25) is 23.6 Å². The van der Waals surface area contributed by atoms with Gasteiger partial charge in [-0.3, -0.25) is 19.2 Å². The predicted molar refractivity (Wildman–Crippen MR) is 154 cm³/mol. The van der Waals surface area contributed by atoms with Crippen LogP contribution in [0.4, 0.5) is 0 Å². The van der Waals surface area contributed by atoms with Crippen molar-refractivity contribution in [2.45, 2.75) is 96.2 Å². The Hall–Kier alpha value is -2.32. The fraction of sp³-hybridized carbons (Fsp3) is 0.857. The topological polar surface area (TPSA) is 184 Å². The summed E-state index contributed by atoms with van der Waals surface area (Å²) in [6.07, 6.45) is 1.00. The van der Waals surface area contributed by atoms with Crippen LogP contribution in [-0.2, 0) is 28.7 Å². The summed E-state index contributed by atoms with van der Waals surface area (Å²) in [5.74, 6) is -2.03. The summed E-state index contributed by atoms with van der Waals surface area (Å²) in [6.45, 7) is 8.69. The first kappa shape index (κ1) is 36.7. The number of carbonyl (C=O) groups is 4. The Morgan fingerprint density at radius 3 is 2.27 bits per heavy atom. The standard InChI is InChI=1S/C28H53N5O8/c1-9-17(2)23(32(6)22(36)16-31-27(38)25(29)28(4,5)39)20(40-7)15-21(35)33-13-10-11-19(33)24(41-8)18(3)26(37)30-12-14-34/h17-20,23-25,34,39H,9-16,29H2,1-8H3,(H,30,37)(H,31,38). The minimum absolute atomic E-state index is 0.0110. The monoisotopic (exact) mass is 587 g/mol. The van der Waals surface area contributed by atoms with Gasteiger partial charge in [0.25, 0.3) is 0 Å². The van der Waals surface area contributed by atoms with Crippen LogP contribution >= 0.6 is 0 Å². The summed E-state index contributed by atoms with van der Waals surface area (Å²) in [6, 6.07) is -1.98. The van der Waals surface area contributed by atoms with Gasteiger partial charge in [0.1, 0.15) is 6.04 Å². The van der Waals surface area contributed by atoms with E-state index >= 15 is 0 Å². The number of carbonyl (C=O) groups excluding carboxylic acids is 4. The second-order valence-electron chi connectivity index (χ2n) is 11.5. The molecular weight excluding hydrogens is 534 g/mol. The van der Waals surface area contributed by atoms with Crippen molar-refractivity contribution in [2.75, 3.05) is 47.5 Å². The number of nitrogens with zero attached hydrogens (tertiary/aromatic N) is 2. The maximum Gasteiger partial charge on any atom is 0.242 e. The number of aliphatic hydroxyl groups is 2. The number of nitrogens with two attached hydrogens (primary N) is 1. The van der Waals surface area contributed by atoms with Gasteiger partial charge in [-0.25, -0.2) is 0 Å². The third kappa shape index (κ3) is 10.2. The summed E-state index contributed by atoms with van der Waals surface area (Å²) < 4.78 is 11.5. The fourth-order valence-electron chi connectivity index (χ4n) is 5.38. The first-order valence-electron chi connectivity index (χ1n) is 14.4. The van der Waals surface area contributed by atoms with Crippen molar-refractivity contribution in [1.82, 2.24) is 20.4 Å². The van der Waals surface area contributed by atoms with Crippen molar-refractivity contribution in [3.05, 3.63) is 0 Å². The summed E-state index contributed by atoms with van der Waals surface area (Å²) in [5, 5.41) is 24.2. The molecule has 13 heteroatoms. The Labute approximate surface area is 244 Å². The molecule has 13 nitrogen and oxygen atoms in total. The second kappa shape index (κ2) is 17.0. The van der Waals surface area contributed by atoms with Crippen LogP contribution in [0.15, 0.2) is 0 Å². The average Bonchev–Trinajstić information content (AvgIpc) is 3.42. The molecule has 1 heterocycles. The Morgan fingerprint density at radius 2 is 1.76 bits per heavy atom. The third-order valence-electron chi connectivity index (χ3n) is 8.17. The molecule has 0 aromatic rings. The van der Waals surface area contributed by atoms with Gasteiger partial charge in [0.05, 0.1) is 55.4 Å². The largest absolute Gasteiger partial charge is 0.395 e. The van der Waals surface area contributed by atoms with E-state index in [1.54, 1.807) is 18.9 Å². The Morgan fingerprint density at radius 1 is 1.12 bits per heavy atom. The number of hydrogen-bond acceptors (Lipinski definition) is 9. The first-order chi connectivity index (χ1) is 19.2. The molecule has 0 aliphatic carbocycles. The van der Waals surface area contributed by atoms with Crippen molar-refractivity contribution in [2.24, 2.45) is 17.6 Å². The number of hydrogen-bond donors (Lipinski definition) is 5. The maximum absolute atomic E-state index is 13.7. The van der Waals surface area contributed by atoms with Gasteiger partial charge in [-0.05, 0) is 32.6 Å². The molecule has 0 aromatic carbocycles. The highest BCUT2D eigenvalue weighted by Crippen LogP contribution is 2.29. The number of ether oxygens (including phenoxy) is 2. The molecule has 1 aliphatic rings. The lowest BCUT2D eigenvalue weighted by Crippen LogP contribution is -2.57. The molecule has 0 aromatic heterocycles. The number of methoxy groups -OCH3 is 2. The normalized spacial score (nSPS) is 20.0. The molecule has 7 unspecified atom stereocenters. The molecule has 0 radical (unpaired) electrons. The van der Waals surface area contributed by atoms with Crippen LogP contribution in [0.3, 0.4) is 0 Å². The molecule has 4 amide bonds. The Bertz CT molecular complexity index is 867. The van der Waals surface area contributed by atoms with Crippen LogP contribution in [0, 0.1) is 11.8 Å². The molecule has 6 N–H and O–H groups in total. The highest BCUT2D eigenvalue weighted by molar-refractivity contribution is 5.88. The van der Waals surface area contributed by atoms with E-state index in [1.807, 2.05) is 13.8 Å². The average molecular weight is 588 g/mol. The summed E-state index contributed by atoms with van der Waals surface area (Å²) in [4.78, 5) is 54.9. The van der Waals surface area contributed by atoms with Crippen molar-refractivity contribution < 1.29 is 38.9 Å². The lowest BCUT2D eigenvalue weighted by atomic mass is 9.90. The molecule has 1 aliphatic heterocycles. The first-order valence-corrected chi connectivity index (χ1v) is 14.4. The van der Waals surface area contributed by atoms with Crippen LogP contribution in [0.25, 0.3) is 0 Å². The predicted octanol–water partition coefficient (Wildman–Crippen LogP) is -0.770. The van der Waals surface area contributed by atoms with Crippen LogP contribution in [0.1, 0.15) is 60.3 Å². The molecule has 41 heavy (non-hydrogen) atoms. The Balaban J connectivity index is 3.04. The molecule has 0 bridgehead atoms. The Kier molecular flexibility index (Phi) is 15.2. The maximum atomic E-state index is 13.7. The number of likely N-dealkylation sites (tertiary alicyclic amines) is 1. The fourth-order valence-corrected chi connectivity index (χ4v) is 5.38. The van der Waals surface area contributed by atoms with Gasteiger partial charge >= 0.3 is 0 Å². The lowest BCUT2D eigenvalue weighted by molar-refractivity contribution is -0.145. The van der Waals surface area contributed by atoms with Crippen LogP contribution in [0.5, 0.6) is 0 Å². The van der Waals surface area contributed by atoms with E-state index in [2.05, 4.69) is 10.6 Å². The minimum atomic E-state index is -1.45. The highest BCUT2D eigenvalue weighted by Gasteiger charge is 2.42.